The zero-order valence-electron chi connectivity index (χ0n) is 14.9. The first-order valence-electron chi connectivity index (χ1n) is 8.87. The van der Waals surface area contributed by atoms with E-state index in [1.54, 1.807) is 12.1 Å². The SMILES string of the molecule is CC1=CCCC1c1ccc(Cl)c(S(=O)(=O)N2CCN(CCO)CC2)c1O. The van der Waals surface area contributed by atoms with Crippen LogP contribution in [0, 0.1) is 0 Å². The number of phenols is 1. The molecule has 0 spiro atoms. The fraction of sp³-hybridized carbons (Fsp3) is 0.556. The monoisotopic (exact) mass is 400 g/mol. The minimum absolute atomic E-state index is 0.0302. The van der Waals surface area contributed by atoms with E-state index in [2.05, 4.69) is 6.08 Å². The lowest BCUT2D eigenvalue weighted by molar-refractivity contribution is 0.151. The molecule has 0 saturated carbocycles. The average molecular weight is 401 g/mol. The van der Waals surface area contributed by atoms with Gasteiger partial charge in [0.1, 0.15) is 10.6 Å². The van der Waals surface area contributed by atoms with Gasteiger partial charge in [0.25, 0.3) is 0 Å². The molecule has 3 rings (SSSR count). The molecule has 1 fully saturated rings. The third-order valence-electron chi connectivity index (χ3n) is 5.31. The van der Waals surface area contributed by atoms with Crippen LogP contribution in [0.3, 0.4) is 0 Å². The van der Waals surface area contributed by atoms with Gasteiger partial charge in [-0.3, -0.25) is 4.90 Å². The molecule has 1 saturated heterocycles. The van der Waals surface area contributed by atoms with E-state index in [1.165, 1.54) is 4.31 Å². The highest BCUT2D eigenvalue weighted by Crippen LogP contribution is 2.44. The van der Waals surface area contributed by atoms with Gasteiger partial charge in [-0.1, -0.05) is 29.3 Å². The van der Waals surface area contributed by atoms with Crippen molar-refractivity contribution in [2.24, 2.45) is 0 Å². The number of halogens is 1. The predicted octanol–water partition coefficient (Wildman–Crippen LogP) is 2.17. The van der Waals surface area contributed by atoms with E-state index in [1.807, 2.05) is 11.8 Å². The van der Waals surface area contributed by atoms with Gasteiger partial charge in [0.2, 0.25) is 10.0 Å². The Morgan fingerprint density at radius 2 is 1.92 bits per heavy atom. The third-order valence-corrected chi connectivity index (χ3v) is 7.71. The summed E-state index contributed by atoms with van der Waals surface area (Å²) < 4.78 is 27.6. The molecule has 0 bridgehead atoms. The summed E-state index contributed by atoms with van der Waals surface area (Å²) in [7, 11) is -3.89. The fourth-order valence-electron chi connectivity index (χ4n) is 3.80. The Balaban J connectivity index is 1.92. The number of benzene rings is 1. The molecular weight excluding hydrogens is 376 g/mol. The van der Waals surface area contributed by atoms with Crippen molar-refractivity contribution in [3.8, 4) is 5.75 Å². The smallest absolute Gasteiger partial charge is 0.248 e. The number of aliphatic hydroxyl groups is 1. The van der Waals surface area contributed by atoms with Gasteiger partial charge in [0.05, 0.1) is 11.6 Å². The number of nitrogens with zero attached hydrogens (tertiary/aromatic N) is 2. The van der Waals surface area contributed by atoms with Crippen LogP contribution in [0.5, 0.6) is 5.75 Å². The largest absolute Gasteiger partial charge is 0.506 e. The number of sulfonamides is 1. The Bertz CT molecular complexity index is 802. The number of rotatable bonds is 5. The number of β-amino-alcohol motifs (C(OH)–C–C–N with tert-alkyl or cyclic N) is 1. The molecule has 26 heavy (non-hydrogen) atoms. The van der Waals surface area contributed by atoms with Gasteiger partial charge in [-0.2, -0.15) is 4.31 Å². The zero-order valence-corrected chi connectivity index (χ0v) is 16.4. The summed E-state index contributed by atoms with van der Waals surface area (Å²) in [4.78, 5) is 1.82. The number of hydrogen-bond acceptors (Lipinski definition) is 5. The number of piperazine rings is 1. The second kappa shape index (κ2) is 7.86. The summed E-state index contributed by atoms with van der Waals surface area (Å²) in [5, 5.41) is 19.9. The highest BCUT2D eigenvalue weighted by molar-refractivity contribution is 7.89. The van der Waals surface area contributed by atoms with E-state index in [-0.39, 0.29) is 28.2 Å². The van der Waals surface area contributed by atoms with Crippen LogP contribution in [0.25, 0.3) is 0 Å². The van der Waals surface area contributed by atoms with Crippen LogP contribution < -0.4 is 0 Å². The molecule has 1 aliphatic heterocycles. The highest BCUT2D eigenvalue weighted by atomic mass is 35.5. The van der Waals surface area contributed by atoms with E-state index in [4.69, 9.17) is 16.7 Å². The molecule has 1 heterocycles. The number of allylic oxidation sites excluding steroid dienone is 2. The molecule has 1 atom stereocenters. The number of phenolic OH excluding ortho intramolecular Hbond substituents is 1. The first-order chi connectivity index (χ1) is 12.4. The van der Waals surface area contributed by atoms with Crippen LogP contribution in [-0.2, 0) is 10.0 Å². The van der Waals surface area contributed by atoms with Crippen LogP contribution in [0.2, 0.25) is 5.02 Å². The molecule has 1 unspecified atom stereocenters. The highest BCUT2D eigenvalue weighted by Gasteiger charge is 2.34. The van der Waals surface area contributed by atoms with Crippen molar-refractivity contribution in [3.05, 3.63) is 34.4 Å². The summed E-state index contributed by atoms with van der Waals surface area (Å²) in [5.74, 6) is -0.197. The lowest BCUT2D eigenvalue weighted by Gasteiger charge is -2.34. The maximum Gasteiger partial charge on any atom is 0.248 e. The van der Waals surface area contributed by atoms with Gasteiger partial charge in [0, 0.05) is 44.2 Å². The minimum atomic E-state index is -3.89. The quantitative estimate of drug-likeness (QED) is 0.740. The van der Waals surface area contributed by atoms with Crippen LogP contribution >= 0.6 is 11.6 Å². The summed E-state index contributed by atoms with van der Waals surface area (Å²) in [6, 6.07) is 3.29. The number of aliphatic hydroxyl groups excluding tert-OH is 1. The van der Waals surface area contributed by atoms with Crippen LogP contribution in [0.1, 0.15) is 31.2 Å². The summed E-state index contributed by atoms with van der Waals surface area (Å²) in [6.45, 7) is 4.29. The van der Waals surface area contributed by atoms with E-state index >= 15 is 0 Å². The van der Waals surface area contributed by atoms with Crippen molar-refractivity contribution in [2.75, 3.05) is 39.3 Å². The molecule has 1 aromatic carbocycles. The Morgan fingerprint density at radius 3 is 2.50 bits per heavy atom. The van der Waals surface area contributed by atoms with Gasteiger partial charge in [-0.25, -0.2) is 8.42 Å². The van der Waals surface area contributed by atoms with Gasteiger partial charge in [-0.15, -0.1) is 0 Å². The summed E-state index contributed by atoms with van der Waals surface area (Å²) in [5.41, 5.74) is 1.77. The predicted molar refractivity (Wildman–Crippen MR) is 101 cm³/mol. The second-order valence-electron chi connectivity index (χ2n) is 6.86. The molecule has 2 aliphatic rings. The van der Waals surface area contributed by atoms with Gasteiger partial charge >= 0.3 is 0 Å². The average Bonchev–Trinajstić information content (AvgIpc) is 3.01. The molecule has 0 aromatic heterocycles. The number of aromatic hydroxyl groups is 1. The lowest BCUT2D eigenvalue weighted by Crippen LogP contribution is -2.49. The zero-order chi connectivity index (χ0) is 18.9. The first kappa shape index (κ1) is 19.6. The van der Waals surface area contributed by atoms with Gasteiger partial charge < -0.3 is 10.2 Å². The van der Waals surface area contributed by atoms with Crippen LogP contribution in [0.4, 0.5) is 0 Å². The van der Waals surface area contributed by atoms with E-state index in [9.17, 15) is 13.5 Å². The van der Waals surface area contributed by atoms with Crippen molar-refractivity contribution in [3.63, 3.8) is 0 Å². The van der Waals surface area contributed by atoms with Crippen LogP contribution in [-0.4, -0.2) is 67.2 Å². The van der Waals surface area contributed by atoms with Gasteiger partial charge in [0.15, 0.2) is 0 Å². The van der Waals surface area contributed by atoms with Crippen molar-refractivity contribution < 1.29 is 18.6 Å². The Morgan fingerprint density at radius 1 is 1.23 bits per heavy atom. The van der Waals surface area contributed by atoms with Crippen molar-refractivity contribution in [2.45, 2.75) is 30.6 Å². The Labute approximate surface area is 159 Å². The molecule has 6 nitrogen and oxygen atoms in total. The molecule has 1 aromatic rings. The maximum atomic E-state index is 13.1. The normalized spacial score (nSPS) is 22.6. The Hall–Kier alpha value is -1.12. The molecule has 8 heteroatoms. The maximum absolute atomic E-state index is 13.1. The fourth-order valence-corrected chi connectivity index (χ4v) is 5.82. The molecule has 0 amide bonds. The molecule has 2 N–H and O–H groups in total. The van der Waals surface area contributed by atoms with Crippen molar-refractivity contribution >= 4 is 21.6 Å². The number of hydrogen-bond donors (Lipinski definition) is 2. The standard InChI is InChI=1S/C18H25ClN2O4S/c1-13-3-2-4-14(13)15-5-6-16(19)18(17(15)23)26(24,25)21-9-7-20(8-10-21)11-12-22/h3,5-6,14,22-23H,2,4,7-12H2,1H3. The van der Waals surface area contributed by atoms with Crippen molar-refractivity contribution in [1.29, 1.82) is 0 Å². The molecular formula is C18H25ClN2O4S. The summed E-state index contributed by atoms with van der Waals surface area (Å²) in [6.07, 6.45) is 3.90. The second-order valence-corrected chi connectivity index (χ2v) is 9.14. The van der Waals surface area contributed by atoms with Gasteiger partial charge in [-0.05, 0) is 25.8 Å². The van der Waals surface area contributed by atoms with E-state index in [0.29, 0.717) is 38.3 Å². The third kappa shape index (κ3) is 3.64. The molecule has 0 radical (unpaired) electrons. The first-order valence-corrected chi connectivity index (χ1v) is 10.7. The summed E-state index contributed by atoms with van der Waals surface area (Å²) >= 11 is 6.20. The van der Waals surface area contributed by atoms with Crippen molar-refractivity contribution in [1.82, 2.24) is 9.21 Å². The van der Waals surface area contributed by atoms with Crippen LogP contribution in [0.15, 0.2) is 28.7 Å². The van der Waals surface area contributed by atoms with E-state index < -0.39 is 10.0 Å². The molecule has 1 aliphatic carbocycles. The molecule has 144 valence electrons. The minimum Gasteiger partial charge on any atom is -0.506 e. The Kier molecular flexibility index (Phi) is 5.94. The van der Waals surface area contributed by atoms with E-state index in [0.717, 1.165) is 18.4 Å². The topological polar surface area (TPSA) is 81.1 Å². The lowest BCUT2D eigenvalue weighted by atomic mass is 9.93.